The van der Waals surface area contributed by atoms with Crippen molar-refractivity contribution >= 4 is 11.6 Å². The fraction of sp³-hybridized carbons (Fsp3) is 0.333. The summed E-state index contributed by atoms with van der Waals surface area (Å²) in [5, 5.41) is 0. The van der Waals surface area contributed by atoms with Crippen molar-refractivity contribution in [3.8, 4) is 0 Å². The maximum Gasteiger partial charge on any atom is 0.0641 e. The zero-order valence-corrected chi connectivity index (χ0v) is 9.64. The van der Waals surface area contributed by atoms with Crippen LogP contribution in [0.2, 0.25) is 0 Å². The minimum absolute atomic E-state index is 0. The molecule has 0 heterocycles. The van der Waals surface area contributed by atoms with Crippen molar-refractivity contribution in [1.29, 1.82) is 0 Å². The van der Waals surface area contributed by atoms with Crippen LogP contribution < -0.4 is 6.15 Å². The van der Waals surface area contributed by atoms with Gasteiger partial charge in [-0.15, -0.1) is 18.2 Å². The van der Waals surface area contributed by atoms with Crippen LogP contribution in [0.15, 0.2) is 36.9 Å². The zero-order chi connectivity index (χ0) is 9.90. The van der Waals surface area contributed by atoms with Crippen LogP contribution in [-0.2, 0) is 11.3 Å². The van der Waals surface area contributed by atoms with Crippen LogP contribution in [0.1, 0.15) is 25.0 Å². The van der Waals surface area contributed by atoms with Gasteiger partial charge in [0.1, 0.15) is 0 Å². The molecule has 78 valence electrons. The fourth-order valence-electron chi connectivity index (χ4n) is 1.43. The molecule has 0 aliphatic carbocycles. The molecule has 0 saturated heterocycles. The normalized spacial score (nSPS) is 10.5. The van der Waals surface area contributed by atoms with Crippen LogP contribution in [-0.4, -0.2) is 0 Å². The quantitative estimate of drug-likeness (QED) is 0.594. The van der Waals surface area contributed by atoms with Gasteiger partial charge in [-0.2, -0.15) is 0 Å². The van der Waals surface area contributed by atoms with Gasteiger partial charge in [-0.3, -0.25) is 0 Å². The molecule has 2 heteroatoms. The van der Waals surface area contributed by atoms with Crippen LogP contribution >= 0.6 is 11.6 Å². The summed E-state index contributed by atoms with van der Waals surface area (Å²) in [7, 11) is 0. The molecular weight excluding hydrogens is 194 g/mol. The van der Waals surface area contributed by atoms with Crippen molar-refractivity contribution in [3.63, 3.8) is 0 Å². The van der Waals surface area contributed by atoms with Crippen molar-refractivity contribution < 1.29 is 0 Å². The first-order valence-corrected chi connectivity index (χ1v) is 4.81. The van der Waals surface area contributed by atoms with Crippen LogP contribution in [0.3, 0.4) is 0 Å². The Morgan fingerprint density at radius 2 is 1.93 bits per heavy atom. The number of hydrogen-bond donors (Lipinski definition) is 1. The third-order valence-corrected chi connectivity index (χ3v) is 2.23. The molecule has 0 atom stereocenters. The van der Waals surface area contributed by atoms with Gasteiger partial charge in [-0.25, -0.2) is 0 Å². The van der Waals surface area contributed by atoms with E-state index in [0.717, 1.165) is 6.42 Å². The summed E-state index contributed by atoms with van der Waals surface area (Å²) in [4.78, 5) is -0.292. The summed E-state index contributed by atoms with van der Waals surface area (Å²) in [5.41, 5.74) is 2.45. The smallest absolute Gasteiger partial charge is 0.0641 e. The first kappa shape index (κ1) is 13.2. The molecule has 1 nitrogen and oxygen atoms in total. The van der Waals surface area contributed by atoms with E-state index in [1.807, 2.05) is 32.1 Å². The lowest BCUT2D eigenvalue weighted by molar-refractivity contribution is 0.755. The molecule has 0 aromatic heterocycles. The largest absolute Gasteiger partial charge is 0.344 e. The summed E-state index contributed by atoms with van der Waals surface area (Å²) < 4.78 is 0. The molecule has 0 spiro atoms. The van der Waals surface area contributed by atoms with E-state index in [1.54, 1.807) is 0 Å². The molecule has 0 aliphatic rings. The lowest BCUT2D eigenvalue weighted by atomic mass is 9.95. The second-order valence-electron chi connectivity index (χ2n) is 3.62. The molecule has 1 aromatic rings. The Bertz CT molecular complexity index is 299. The minimum Gasteiger partial charge on any atom is -0.344 e. The Kier molecular flexibility index (Phi) is 4.89. The monoisotopic (exact) mass is 211 g/mol. The molecule has 0 saturated carbocycles. The summed E-state index contributed by atoms with van der Waals surface area (Å²) in [6.45, 7) is 7.76. The van der Waals surface area contributed by atoms with Crippen molar-refractivity contribution in [3.05, 3.63) is 48.0 Å². The standard InChI is InChI=1S/C12H15Cl.H3N/c1-4-7-10-8-5-6-9-11(10)12(2,3)13;/h4-6,8-9H,1,7H2,2-3H3;1H3. The van der Waals surface area contributed by atoms with Gasteiger partial charge in [0.05, 0.1) is 4.87 Å². The van der Waals surface area contributed by atoms with Gasteiger partial charge >= 0.3 is 0 Å². The van der Waals surface area contributed by atoms with E-state index in [-0.39, 0.29) is 11.0 Å². The van der Waals surface area contributed by atoms with Crippen LogP contribution in [0.25, 0.3) is 0 Å². The third kappa shape index (κ3) is 3.17. The summed E-state index contributed by atoms with van der Waals surface area (Å²) in [5.74, 6) is 0. The molecule has 1 aromatic carbocycles. The molecule has 14 heavy (non-hydrogen) atoms. The first-order chi connectivity index (χ1) is 6.05. The van der Waals surface area contributed by atoms with E-state index in [0.29, 0.717) is 0 Å². The molecule has 1 rings (SSSR count). The average Bonchev–Trinajstić information content (AvgIpc) is 2.04. The Hall–Kier alpha value is -0.790. The first-order valence-electron chi connectivity index (χ1n) is 4.44. The highest BCUT2D eigenvalue weighted by Crippen LogP contribution is 2.30. The summed E-state index contributed by atoms with van der Waals surface area (Å²) in [6.07, 6.45) is 2.79. The number of halogens is 1. The predicted molar refractivity (Wildman–Crippen MR) is 64.2 cm³/mol. The minimum atomic E-state index is -0.292. The van der Waals surface area contributed by atoms with E-state index in [4.69, 9.17) is 11.6 Å². The molecule has 0 amide bonds. The summed E-state index contributed by atoms with van der Waals surface area (Å²) >= 11 is 6.27. The van der Waals surface area contributed by atoms with Crippen LogP contribution in [0.4, 0.5) is 0 Å². The molecule has 0 unspecified atom stereocenters. The van der Waals surface area contributed by atoms with Gasteiger partial charge < -0.3 is 6.15 Å². The Morgan fingerprint density at radius 3 is 2.43 bits per heavy atom. The third-order valence-electron chi connectivity index (χ3n) is 2.02. The van der Waals surface area contributed by atoms with E-state index >= 15 is 0 Å². The van der Waals surface area contributed by atoms with Gasteiger partial charge in [0, 0.05) is 0 Å². The second kappa shape index (κ2) is 5.18. The second-order valence-corrected chi connectivity index (χ2v) is 4.57. The molecule has 3 N–H and O–H groups in total. The molecular formula is C12H18ClN. The van der Waals surface area contributed by atoms with Crippen LogP contribution in [0, 0.1) is 0 Å². The van der Waals surface area contributed by atoms with E-state index < -0.39 is 0 Å². The van der Waals surface area contributed by atoms with Gasteiger partial charge in [-0.1, -0.05) is 30.3 Å². The Balaban J connectivity index is 0.00000169. The highest BCUT2D eigenvalue weighted by molar-refractivity contribution is 6.23. The van der Waals surface area contributed by atoms with Crippen molar-refractivity contribution in [2.24, 2.45) is 0 Å². The Morgan fingerprint density at radius 1 is 1.36 bits per heavy atom. The van der Waals surface area contributed by atoms with Crippen molar-refractivity contribution in [2.45, 2.75) is 25.1 Å². The maximum atomic E-state index is 6.27. The van der Waals surface area contributed by atoms with Gasteiger partial charge in [0.15, 0.2) is 0 Å². The van der Waals surface area contributed by atoms with Gasteiger partial charge in [0.25, 0.3) is 0 Å². The van der Waals surface area contributed by atoms with Crippen LogP contribution in [0.5, 0.6) is 0 Å². The molecule has 0 bridgehead atoms. The molecule has 0 radical (unpaired) electrons. The van der Waals surface area contributed by atoms with E-state index in [2.05, 4.69) is 18.7 Å². The SMILES string of the molecule is C=CCc1ccccc1C(C)(C)Cl.N. The number of alkyl halides is 1. The molecule has 0 aliphatic heterocycles. The fourth-order valence-corrected chi connectivity index (χ4v) is 1.62. The lowest BCUT2D eigenvalue weighted by Gasteiger charge is -2.19. The van der Waals surface area contributed by atoms with E-state index in [9.17, 15) is 0 Å². The molecule has 0 fully saturated rings. The number of benzene rings is 1. The topological polar surface area (TPSA) is 35.0 Å². The lowest BCUT2D eigenvalue weighted by Crippen LogP contribution is -2.10. The highest BCUT2D eigenvalue weighted by Gasteiger charge is 2.18. The summed E-state index contributed by atoms with van der Waals surface area (Å²) in [6, 6.07) is 8.23. The number of hydrogen-bond acceptors (Lipinski definition) is 1. The van der Waals surface area contributed by atoms with Gasteiger partial charge in [-0.05, 0) is 31.4 Å². The predicted octanol–water partition coefficient (Wildman–Crippen LogP) is 4.05. The van der Waals surface area contributed by atoms with E-state index in [1.165, 1.54) is 11.1 Å². The number of rotatable bonds is 3. The van der Waals surface area contributed by atoms with Crippen molar-refractivity contribution in [2.75, 3.05) is 0 Å². The maximum absolute atomic E-state index is 6.27. The van der Waals surface area contributed by atoms with Crippen molar-refractivity contribution in [1.82, 2.24) is 6.15 Å². The van der Waals surface area contributed by atoms with Gasteiger partial charge in [0.2, 0.25) is 0 Å². The number of allylic oxidation sites excluding steroid dienone is 1. The zero-order valence-electron chi connectivity index (χ0n) is 8.89. The highest BCUT2D eigenvalue weighted by atomic mass is 35.5. The average molecular weight is 212 g/mol. The Labute approximate surface area is 91.4 Å².